The molecule has 0 aromatic carbocycles. The van der Waals surface area contributed by atoms with Gasteiger partial charge in [-0.1, -0.05) is 19.3 Å². The number of nitrogens with one attached hydrogen (secondary N) is 1. The second-order valence-electron chi connectivity index (χ2n) is 7.39. The fraction of sp³-hybridized carbons (Fsp3) is 0.550. The van der Waals surface area contributed by atoms with Gasteiger partial charge in [-0.15, -0.1) is 0 Å². The van der Waals surface area contributed by atoms with E-state index in [0.717, 1.165) is 49.9 Å². The number of hydrogen-bond donors (Lipinski definition) is 1. The molecular formula is C20H27N5O. The zero-order valence-electron chi connectivity index (χ0n) is 15.2. The molecule has 2 fully saturated rings. The van der Waals surface area contributed by atoms with Gasteiger partial charge in [-0.05, 0) is 31.4 Å². The van der Waals surface area contributed by atoms with Gasteiger partial charge >= 0.3 is 0 Å². The lowest BCUT2D eigenvalue weighted by molar-refractivity contribution is 0.0754. The Morgan fingerprint density at radius 1 is 1.00 bits per heavy atom. The van der Waals surface area contributed by atoms with Gasteiger partial charge < -0.3 is 4.90 Å². The van der Waals surface area contributed by atoms with Gasteiger partial charge in [0, 0.05) is 50.2 Å². The molecule has 0 atom stereocenters. The minimum absolute atomic E-state index is 0.0988. The zero-order valence-corrected chi connectivity index (χ0v) is 15.2. The molecule has 1 amide bonds. The average molecular weight is 353 g/mol. The van der Waals surface area contributed by atoms with Crippen LogP contribution in [0.4, 0.5) is 0 Å². The van der Waals surface area contributed by atoms with Crippen LogP contribution in [0.15, 0.2) is 30.7 Å². The third-order valence-electron chi connectivity index (χ3n) is 5.71. The molecule has 1 saturated heterocycles. The summed E-state index contributed by atoms with van der Waals surface area (Å²) in [5.74, 6) is 0.0988. The first kappa shape index (κ1) is 17.2. The van der Waals surface area contributed by atoms with E-state index in [1.165, 1.54) is 32.1 Å². The van der Waals surface area contributed by atoms with E-state index in [1.807, 2.05) is 17.0 Å². The lowest BCUT2D eigenvalue weighted by Crippen LogP contribution is -2.40. The summed E-state index contributed by atoms with van der Waals surface area (Å²) in [6.07, 6.45) is 13.0. The van der Waals surface area contributed by atoms with Crippen molar-refractivity contribution in [2.24, 2.45) is 0 Å². The number of aromatic amines is 1. The van der Waals surface area contributed by atoms with Crippen LogP contribution in [0.2, 0.25) is 0 Å². The minimum Gasteiger partial charge on any atom is -0.337 e. The molecule has 4 rings (SSSR count). The Hall–Kier alpha value is -2.21. The number of rotatable bonds is 3. The molecule has 1 aliphatic heterocycles. The van der Waals surface area contributed by atoms with Crippen molar-refractivity contribution in [1.82, 2.24) is 25.0 Å². The fourth-order valence-corrected chi connectivity index (χ4v) is 4.22. The maximum absolute atomic E-state index is 12.9. The fourth-order valence-electron chi connectivity index (χ4n) is 4.22. The molecule has 6 heteroatoms. The van der Waals surface area contributed by atoms with E-state index in [2.05, 4.69) is 20.1 Å². The summed E-state index contributed by atoms with van der Waals surface area (Å²) in [6, 6.07) is 4.50. The predicted octanol–water partition coefficient (Wildman–Crippen LogP) is 2.95. The van der Waals surface area contributed by atoms with Gasteiger partial charge in [0.15, 0.2) is 0 Å². The van der Waals surface area contributed by atoms with E-state index in [0.29, 0.717) is 5.56 Å². The molecule has 0 spiro atoms. The topological polar surface area (TPSA) is 65.1 Å². The smallest absolute Gasteiger partial charge is 0.255 e. The van der Waals surface area contributed by atoms with Crippen molar-refractivity contribution in [3.05, 3.63) is 36.3 Å². The van der Waals surface area contributed by atoms with Crippen molar-refractivity contribution in [1.29, 1.82) is 0 Å². The average Bonchev–Trinajstić information content (AvgIpc) is 3.13. The molecule has 138 valence electrons. The van der Waals surface area contributed by atoms with Gasteiger partial charge in [0.1, 0.15) is 0 Å². The molecule has 3 heterocycles. The van der Waals surface area contributed by atoms with Gasteiger partial charge in [0.25, 0.3) is 5.91 Å². The Morgan fingerprint density at radius 2 is 1.88 bits per heavy atom. The van der Waals surface area contributed by atoms with Crippen LogP contribution in [-0.2, 0) is 0 Å². The van der Waals surface area contributed by atoms with Crippen molar-refractivity contribution >= 4 is 5.91 Å². The van der Waals surface area contributed by atoms with Crippen LogP contribution in [-0.4, -0.2) is 63.1 Å². The molecule has 26 heavy (non-hydrogen) atoms. The molecule has 0 radical (unpaired) electrons. The Morgan fingerprint density at radius 3 is 2.62 bits per heavy atom. The first-order valence-corrected chi connectivity index (χ1v) is 9.80. The predicted molar refractivity (Wildman–Crippen MR) is 101 cm³/mol. The molecule has 1 aliphatic carbocycles. The molecule has 2 aromatic rings. The van der Waals surface area contributed by atoms with Gasteiger partial charge in [-0.2, -0.15) is 5.10 Å². The highest BCUT2D eigenvalue weighted by Crippen LogP contribution is 2.24. The second-order valence-corrected chi connectivity index (χ2v) is 7.39. The summed E-state index contributed by atoms with van der Waals surface area (Å²) in [4.78, 5) is 21.9. The highest BCUT2D eigenvalue weighted by Gasteiger charge is 2.25. The van der Waals surface area contributed by atoms with Crippen LogP contribution in [0.3, 0.4) is 0 Å². The van der Waals surface area contributed by atoms with Crippen LogP contribution < -0.4 is 0 Å². The van der Waals surface area contributed by atoms with Crippen molar-refractivity contribution in [2.45, 2.75) is 44.6 Å². The lowest BCUT2D eigenvalue weighted by atomic mass is 9.94. The van der Waals surface area contributed by atoms with E-state index in [-0.39, 0.29) is 5.91 Å². The monoisotopic (exact) mass is 353 g/mol. The van der Waals surface area contributed by atoms with Crippen LogP contribution >= 0.6 is 0 Å². The first-order valence-electron chi connectivity index (χ1n) is 9.80. The van der Waals surface area contributed by atoms with Crippen molar-refractivity contribution in [3.63, 3.8) is 0 Å². The molecular weight excluding hydrogens is 326 g/mol. The van der Waals surface area contributed by atoms with Crippen molar-refractivity contribution < 1.29 is 4.79 Å². The summed E-state index contributed by atoms with van der Waals surface area (Å²) >= 11 is 0. The largest absolute Gasteiger partial charge is 0.337 e. The highest BCUT2D eigenvalue weighted by atomic mass is 16.2. The Kier molecular flexibility index (Phi) is 5.29. The van der Waals surface area contributed by atoms with Gasteiger partial charge in [-0.25, -0.2) is 0 Å². The number of amides is 1. The number of hydrogen-bond acceptors (Lipinski definition) is 4. The summed E-state index contributed by atoms with van der Waals surface area (Å²) < 4.78 is 0. The van der Waals surface area contributed by atoms with Crippen LogP contribution in [0.25, 0.3) is 11.3 Å². The number of pyridine rings is 1. The SMILES string of the molecule is O=C(c1ccc(-c2cn[nH]c2)nc1)N1CCCN(C2CCCCC2)CC1. The van der Waals surface area contributed by atoms with Crippen molar-refractivity contribution in [3.8, 4) is 11.3 Å². The normalized spacial score (nSPS) is 20.1. The number of carbonyl (C=O) groups is 1. The molecule has 0 unspecified atom stereocenters. The van der Waals surface area contributed by atoms with Gasteiger partial charge in [-0.3, -0.25) is 19.8 Å². The molecule has 1 saturated carbocycles. The van der Waals surface area contributed by atoms with Gasteiger partial charge in [0.05, 0.1) is 17.5 Å². The third kappa shape index (κ3) is 3.80. The molecule has 0 bridgehead atoms. The number of aromatic nitrogens is 3. The van der Waals surface area contributed by atoms with E-state index in [1.54, 1.807) is 18.6 Å². The Labute approximate surface area is 154 Å². The summed E-state index contributed by atoms with van der Waals surface area (Å²) in [6.45, 7) is 3.77. The highest BCUT2D eigenvalue weighted by molar-refractivity contribution is 5.94. The van der Waals surface area contributed by atoms with Gasteiger partial charge in [0.2, 0.25) is 0 Å². The van der Waals surface area contributed by atoms with E-state index in [4.69, 9.17) is 0 Å². The number of H-pyrrole nitrogens is 1. The quantitative estimate of drug-likeness (QED) is 0.921. The van der Waals surface area contributed by atoms with E-state index in [9.17, 15) is 4.79 Å². The maximum atomic E-state index is 12.9. The first-order chi connectivity index (χ1) is 12.8. The zero-order chi connectivity index (χ0) is 17.8. The van der Waals surface area contributed by atoms with Crippen molar-refractivity contribution in [2.75, 3.05) is 26.2 Å². The maximum Gasteiger partial charge on any atom is 0.255 e. The Bertz CT molecular complexity index is 706. The molecule has 2 aromatic heterocycles. The summed E-state index contributed by atoms with van der Waals surface area (Å²) in [5.41, 5.74) is 2.43. The standard InChI is InChI=1S/C20H27N5O/c26-20(16-7-8-19(21-13-16)17-14-22-23-15-17)25-10-4-9-24(11-12-25)18-5-2-1-3-6-18/h7-8,13-15,18H,1-6,9-12H2,(H,22,23). The Balaban J connectivity index is 1.38. The third-order valence-corrected chi connectivity index (χ3v) is 5.71. The molecule has 2 aliphatic rings. The number of nitrogens with zero attached hydrogens (tertiary/aromatic N) is 4. The summed E-state index contributed by atoms with van der Waals surface area (Å²) in [5, 5.41) is 6.73. The second kappa shape index (κ2) is 7.99. The molecule has 6 nitrogen and oxygen atoms in total. The minimum atomic E-state index is 0.0988. The van der Waals surface area contributed by atoms with E-state index >= 15 is 0 Å². The lowest BCUT2D eigenvalue weighted by Gasteiger charge is -2.33. The van der Waals surface area contributed by atoms with Crippen LogP contribution in [0.5, 0.6) is 0 Å². The summed E-state index contributed by atoms with van der Waals surface area (Å²) in [7, 11) is 0. The number of carbonyl (C=O) groups excluding carboxylic acids is 1. The van der Waals surface area contributed by atoms with Crippen LogP contribution in [0.1, 0.15) is 48.9 Å². The van der Waals surface area contributed by atoms with Crippen LogP contribution in [0, 0.1) is 0 Å². The van der Waals surface area contributed by atoms with E-state index < -0.39 is 0 Å². The molecule has 1 N–H and O–H groups in total.